The fraction of sp³-hybridized carbons (Fsp3) is 0.500. The van der Waals surface area contributed by atoms with Crippen LogP contribution < -0.4 is 0 Å². The molecule has 1 atom stereocenters. The van der Waals surface area contributed by atoms with Crippen LogP contribution in [0.3, 0.4) is 0 Å². The normalized spacial score (nSPS) is 17.7. The maximum atomic E-state index is 13.0. The molecule has 3 rings (SSSR count). The van der Waals surface area contributed by atoms with Crippen LogP contribution in [0.4, 0.5) is 0 Å². The van der Waals surface area contributed by atoms with E-state index in [2.05, 4.69) is 24.0 Å². The van der Waals surface area contributed by atoms with Gasteiger partial charge in [0, 0.05) is 13.1 Å². The number of phenols is 1. The number of hydrogen-bond acceptors (Lipinski definition) is 4. The predicted molar refractivity (Wildman–Crippen MR) is 90.7 cm³/mol. The van der Waals surface area contributed by atoms with Gasteiger partial charge in [0.15, 0.2) is 5.82 Å². The maximum Gasteiger partial charge on any atom is 0.258 e. The van der Waals surface area contributed by atoms with Gasteiger partial charge in [0.05, 0.1) is 11.6 Å². The molecule has 0 bridgehead atoms. The van der Waals surface area contributed by atoms with Crippen LogP contribution in [0.25, 0.3) is 0 Å². The minimum Gasteiger partial charge on any atom is -0.507 e. The summed E-state index contributed by atoms with van der Waals surface area (Å²) < 4.78 is 2.04. The maximum absolute atomic E-state index is 13.0. The molecule has 1 aromatic carbocycles. The predicted octanol–water partition coefficient (Wildman–Crippen LogP) is 2.93. The molecule has 0 aliphatic carbocycles. The van der Waals surface area contributed by atoms with Crippen molar-refractivity contribution in [2.24, 2.45) is 5.92 Å². The van der Waals surface area contributed by atoms with Gasteiger partial charge in [-0.25, -0.2) is 0 Å². The lowest BCUT2D eigenvalue weighted by Crippen LogP contribution is -2.32. The number of likely N-dealkylation sites (tertiary alicyclic amines) is 1. The quantitative estimate of drug-likeness (QED) is 0.937. The standard InChI is InChI=1S/C18H24N4O2/c1-12(2)10-21-11-19-20-17(21)15-5-4-8-22(15)18(24)14-9-13(3)6-7-16(14)23/h6-7,9,11-12,15,23H,4-5,8,10H2,1-3H3/t15-/m0/s1. The second-order valence-electron chi connectivity index (χ2n) is 6.91. The monoisotopic (exact) mass is 328 g/mol. The van der Waals surface area contributed by atoms with Crippen molar-refractivity contribution in [1.29, 1.82) is 0 Å². The highest BCUT2D eigenvalue weighted by atomic mass is 16.3. The Labute approximate surface area is 142 Å². The number of aryl methyl sites for hydroxylation is 1. The highest BCUT2D eigenvalue weighted by Gasteiger charge is 2.34. The number of rotatable bonds is 4. The van der Waals surface area contributed by atoms with Gasteiger partial charge in [-0.2, -0.15) is 0 Å². The number of carbonyl (C=O) groups is 1. The second-order valence-corrected chi connectivity index (χ2v) is 6.91. The van der Waals surface area contributed by atoms with Crippen molar-refractivity contribution in [3.05, 3.63) is 41.5 Å². The van der Waals surface area contributed by atoms with E-state index in [0.29, 0.717) is 18.0 Å². The zero-order chi connectivity index (χ0) is 17.3. The highest BCUT2D eigenvalue weighted by molar-refractivity contribution is 5.97. The van der Waals surface area contributed by atoms with Crippen molar-refractivity contribution in [2.45, 2.75) is 46.2 Å². The molecule has 24 heavy (non-hydrogen) atoms. The minimum atomic E-state index is -0.141. The molecule has 2 aromatic rings. The third-order valence-corrected chi connectivity index (χ3v) is 4.40. The summed E-state index contributed by atoms with van der Waals surface area (Å²) in [5.74, 6) is 1.20. The Morgan fingerprint density at radius 1 is 1.42 bits per heavy atom. The first kappa shape index (κ1) is 16.5. The fourth-order valence-electron chi connectivity index (χ4n) is 3.31. The molecule has 1 aliphatic rings. The Hall–Kier alpha value is -2.37. The van der Waals surface area contributed by atoms with Gasteiger partial charge in [-0.1, -0.05) is 25.5 Å². The molecule has 0 unspecified atom stereocenters. The first-order valence-electron chi connectivity index (χ1n) is 8.45. The van der Waals surface area contributed by atoms with E-state index in [1.165, 1.54) is 0 Å². The molecular formula is C18H24N4O2. The number of aromatic hydroxyl groups is 1. The average molecular weight is 328 g/mol. The summed E-state index contributed by atoms with van der Waals surface area (Å²) in [4.78, 5) is 14.8. The molecule has 1 saturated heterocycles. The molecule has 2 heterocycles. The lowest BCUT2D eigenvalue weighted by molar-refractivity contribution is 0.0723. The smallest absolute Gasteiger partial charge is 0.258 e. The number of nitrogens with zero attached hydrogens (tertiary/aromatic N) is 4. The van der Waals surface area contributed by atoms with Crippen LogP contribution in [0.15, 0.2) is 24.5 Å². The van der Waals surface area contributed by atoms with E-state index < -0.39 is 0 Å². The van der Waals surface area contributed by atoms with E-state index >= 15 is 0 Å². The van der Waals surface area contributed by atoms with Crippen molar-refractivity contribution in [1.82, 2.24) is 19.7 Å². The average Bonchev–Trinajstić information content (AvgIpc) is 3.17. The van der Waals surface area contributed by atoms with Crippen LogP contribution in [0.5, 0.6) is 5.75 Å². The van der Waals surface area contributed by atoms with E-state index in [-0.39, 0.29) is 17.7 Å². The molecule has 1 amide bonds. The zero-order valence-corrected chi connectivity index (χ0v) is 14.4. The van der Waals surface area contributed by atoms with Crippen LogP contribution in [0, 0.1) is 12.8 Å². The molecule has 6 heteroatoms. The molecule has 1 aliphatic heterocycles. The number of phenolic OH excluding ortho intramolecular Hbond substituents is 1. The van der Waals surface area contributed by atoms with Gasteiger partial charge in [0.25, 0.3) is 5.91 Å². The van der Waals surface area contributed by atoms with E-state index in [4.69, 9.17) is 0 Å². The third-order valence-electron chi connectivity index (χ3n) is 4.40. The van der Waals surface area contributed by atoms with Crippen LogP contribution >= 0.6 is 0 Å². The van der Waals surface area contributed by atoms with Gasteiger partial charge < -0.3 is 14.6 Å². The number of amides is 1. The van der Waals surface area contributed by atoms with Crippen molar-refractivity contribution in [3.63, 3.8) is 0 Å². The van der Waals surface area contributed by atoms with Crippen LogP contribution in [-0.4, -0.2) is 37.2 Å². The molecule has 0 saturated carbocycles. The molecule has 6 nitrogen and oxygen atoms in total. The third kappa shape index (κ3) is 3.13. The first-order chi connectivity index (χ1) is 11.5. The van der Waals surface area contributed by atoms with E-state index in [1.54, 1.807) is 24.5 Å². The molecule has 0 spiro atoms. The van der Waals surface area contributed by atoms with E-state index in [9.17, 15) is 9.90 Å². The molecule has 1 fully saturated rings. The van der Waals surface area contributed by atoms with Gasteiger partial charge in [0.1, 0.15) is 12.1 Å². The van der Waals surface area contributed by atoms with Gasteiger partial charge >= 0.3 is 0 Å². The highest BCUT2D eigenvalue weighted by Crippen LogP contribution is 2.33. The van der Waals surface area contributed by atoms with Gasteiger partial charge in [-0.3, -0.25) is 4.79 Å². The molecular weight excluding hydrogens is 304 g/mol. The summed E-state index contributed by atoms with van der Waals surface area (Å²) in [6.07, 6.45) is 3.53. The summed E-state index contributed by atoms with van der Waals surface area (Å²) in [7, 11) is 0. The van der Waals surface area contributed by atoms with Crippen LogP contribution in [-0.2, 0) is 6.54 Å². The minimum absolute atomic E-state index is 0.0277. The number of benzene rings is 1. The van der Waals surface area contributed by atoms with Crippen LogP contribution in [0.1, 0.15) is 54.5 Å². The Kier molecular flexibility index (Phi) is 4.55. The van der Waals surface area contributed by atoms with Crippen molar-refractivity contribution in [2.75, 3.05) is 6.54 Å². The lowest BCUT2D eigenvalue weighted by Gasteiger charge is -2.25. The summed E-state index contributed by atoms with van der Waals surface area (Å²) in [5.41, 5.74) is 1.31. The number of aromatic nitrogens is 3. The largest absolute Gasteiger partial charge is 0.507 e. The van der Waals surface area contributed by atoms with E-state index in [0.717, 1.165) is 30.8 Å². The second kappa shape index (κ2) is 6.63. The summed E-state index contributed by atoms with van der Waals surface area (Å²) in [6, 6.07) is 5.03. The summed E-state index contributed by atoms with van der Waals surface area (Å²) >= 11 is 0. The molecule has 0 radical (unpaired) electrons. The van der Waals surface area contributed by atoms with Gasteiger partial charge in [0.2, 0.25) is 0 Å². The zero-order valence-electron chi connectivity index (χ0n) is 14.4. The summed E-state index contributed by atoms with van der Waals surface area (Å²) in [6.45, 7) is 7.71. The number of carbonyl (C=O) groups excluding carboxylic acids is 1. The Balaban J connectivity index is 1.90. The molecule has 128 valence electrons. The molecule has 1 aromatic heterocycles. The van der Waals surface area contributed by atoms with Crippen LogP contribution in [0.2, 0.25) is 0 Å². The SMILES string of the molecule is Cc1ccc(O)c(C(=O)N2CCC[C@H]2c2nncn2CC(C)C)c1. The lowest BCUT2D eigenvalue weighted by atomic mass is 10.1. The summed E-state index contributed by atoms with van der Waals surface area (Å²) in [5, 5.41) is 18.4. The first-order valence-corrected chi connectivity index (χ1v) is 8.45. The Morgan fingerprint density at radius 3 is 2.96 bits per heavy atom. The Morgan fingerprint density at radius 2 is 2.21 bits per heavy atom. The Bertz CT molecular complexity index is 738. The van der Waals surface area contributed by atoms with Crippen molar-refractivity contribution in [3.8, 4) is 5.75 Å². The molecule has 1 N–H and O–H groups in total. The van der Waals surface area contributed by atoms with Crippen molar-refractivity contribution >= 4 is 5.91 Å². The van der Waals surface area contributed by atoms with E-state index in [1.807, 2.05) is 16.4 Å². The fourth-order valence-corrected chi connectivity index (χ4v) is 3.31. The number of hydrogen-bond donors (Lipinski definition) is 1. The van der Waals surface area contributed by atoms with Crippen molar-refractivity contribution < 1.29 is 9.90 Å². The topological polar surface area (TPSA) is 71.2 Å². The van der Waals surface area contributed by atoms with Gasteiger partial charge in [-0.05, 0) is 37.8 Å². The van der Waals surface area contributed by atoms with Gasteiger partial charge in [-0.15, -0.1) is 10.2 Å².